The zero-order valence-corrected chi connectivity index (χ0v) is 10.7. The van der Waals surface area contributed by atoms with Crippen LogP contribution >= 0.6 is 0 Å². The van der Waals surface area contributed by atoms with Crippen LogP contribution < -0.4 is 5.32 Å². The zero-order valence-electron chi connectivity index (χ0n) is 10.7. The molecule has 18 heavy (non-hydrogen) atoms. The van der Waals surface area contributed by atoms with E-state index in [1.165, 1.54) is 12.1 Å². The van der Waals surface area contributed by atoms with E-state index in [4.69, 9.17) is 4.74 Å². The third-order valence-electron chi connectivity index (χ3n) is 3.57. The number of halogens is 1. The molecule has 2 rings (SSSR count). The monoisotopic (exact) mass is 253 g/mol. The van der Waals surface area contributed by atoms with Crippen LogP contribution in [0.2, 0.25) is 0 Å². The predicted molar refractivity (Wildman–Crippen MR) is 67.8 cm³/mol. The molecule has 3 nitrogen and oxygen atoms in total. The first-order valence-corrected chi connectivity index (χ1v) is 6.35. The molecule has 0 amide bonds. The lowest BCUT2D eigenvalue weighted by molar-refractivity contribution is 0.0388. The standard InChI is InChI=1S/C14H20FNO2/c1-14(6-8-18-9-7-14)16-10-13(17)11-2-4-12(15)5-3-11/h2-5,13,16-17H,6-10H2,1H3. The highest BCUT2D eigenvalue weighted by Gasteiger charge is 2.27. The quantitative estimate of drug-likeness (QED) is 0.862. The van der Waals surface area contributed by atoms with Gasteiger partial charge in [0.25, 0.3) is 0 Å². The van der Waals surface area contributed by atoms with Gasteiger partial charge in [0.2, 0.25) is 0 Å². The largest absolute Gasteiger partial charge is 0.387 e. The van der Waals surface area contributed by atoms with Crippen molar-refractivity contribution in [3.8, 4) is 0 Å². The maximum absolute atomic E-state index is 12.8. The topological polar surface area (TPSA) is 41.5 Å². The lowest BCUT2D eigenvalue weighted by Gasteiger charge is -2.35. The van der Waals surface area contributed by atoms with E-state index < -0.39 is 6.10 Å². The molecule has 0 bridgehead atoms. The normalized spacial score (nSPS) is 20.6. The minimum absolute atomic E-state index is 0.0270. The number of hydrogen-bond acceptors (Lipinski definition) is 3. The van der Waals surface area contributed by atoms with Crippen molar-refractivity contribution in [2.24, 2.45) is 0 Å². The molecule has 2 N–H and O–H groups in total. The summed E-state index contributed by atoms with van der Waals surface area (Å²) in [7, 11) is 0. The molecule has 1 saturated heterocycles. The average Bonchev–Trinajstić information content (AvgIpc) is 2.38. The lowest BCUT2D eigenvalue weighted by atomic mass is 9.92. The summed E-state index contributed by atoms with van der Waals surface area (Å²) in [6.07, 6.45) is 1.29. The molecule has 1 heterocycles. The highest BCUT2D eigenvalue weighted by Crippen LogP contribution is 2.21. The molecule has 0 radical (unpaired) electrons. The van der Waals surface area contributed by atoms with E-state index >= 15 is 0 Å². The van der Waals surface area contributed by atoms with Gasteiger partial charge in [-0.25, -0.2) is 4.39 Å². The van der Waals surface area contributed by atoms with Gasteiger partial charge in [0.1, 0.15) is 5.82 Å². The molecule has 1 atom stereocenters. The van der Waals surface area contributed by atoms with Crippen molar-refractivity contribution in [1.29, 1.82) is 0 Å². The highest BCUT2D eigenvalue weighted by atomic mass is 19.1. The fraction of sp³-hybridized carbons (Fsp3) is 0.571. The molecule has 100 valence electrons. The first kappa shape index (κ1) is 13.5. The van der Waals surface area contributed by atoms with Crippen molar-refractivity contribution in [2.45, 2.75) is 31.4 Å². The highest BCUT2D eigenvalue weighted by molar-refractivity contribution is 5.18. The Morgan fingerprint density at radius 3 is 2.56 bits per heavy atom. The van der Waals surface area contributed by atoms with Crippen molar-refractivity contribution < 1.29 is 14.2 Å². The van der Waals surface area contributed by atoms with Gasteiger partial charge in [-0.1, -0.05) is 12.1 Å². The second-order valence-electron chi connectivity index (χ2n) is 5.12. The summed E-state index contributed by atoms with van der Waals surface area (Å²) >= 11 is 0. The van der Waals surface area contributed by atoms with Gasteiger partial charge in [0, 0.05) is 25.3 Å². The summed E-state index contributed by atoms with van der Waals surface area (Å²) in [5.74, 6) is -0.282. The van der Waals surface area contributed by atoms with Crippen LogP contribution in [-0.2, 0) is 4.74 Å². The number of benzene rings is 1. The van der Waals surface area contributed by atoms with E-state index in [1.807, 2.05) is 0 Å². The molecule has 0 saturated carbocycles. The first-order chi connectivity index (χ1) is 8.59. The third kappa shape index (κ3) is 3.51. The smallest absolute Gasteiger partial charge is 0.123 e. The van der Waals surface area contributed by atoms with Crippen molar-refractivity contribution in [2.75, 3.05) is 19.8 Å². The maximum Gasteiger partial charge on any atom is 0.123 e. The summed E-state index contributed by atoms with van der Waals surface area (Å²) in [6, 6.07) is 5.98. The zero-order chi connectivity index (χ0) is 13.0. The van der Waals surface area contributed by atoms with Crippen LogP contribution in [0.1, 0.15) is 31.4 Å². The van der Waals surface area contributed by atoms with E-state index in [0.717, 1.165) is 31.6 Å². The van der Waals surface area contributed by atoms with Crippen molar-refractivity contribution >= 4 is 0 Å². The van der Waals surface area contributed by atoms with Gasteiger partial charge in [-0.3, -0.25) is 0 Å². The van der Waals surface area contributed by atoms with Crippen LogP contribution in [-0.4, -0.2) is 30.4 Å². The second kappa shape index (κ2) is 5.78. The molecule has 1 aromatic carbocycles. The number of hydrogen-bond donors (Lipinski definition) is 2. The van der Waals surface area contributed by atoms with Crippen molar-refractivity contribution in [1.82, 2.24) is 5.32 Å². The predicted octanol–water partition coefficient (Wildman–Crippen LogP) is 2.02. The fourth-order valence-corrected chi connectivity index (χ4v) is 2.14. The van der Waals surface area contributed by atoms with Crippen LogP contribution in [0, 0.1) is 5.82 Å². The van der Waals surface area contributed by atoms with Gasteiger partial charge in [-0.05, 0) is 37.5 Å². The molecule has 0 spiro atoms. The minimum atomic E-state index is -0.606. The number of aliphatic hydroxyl groups is 1. The molecule has 1 aliphatic heterocycles. The molecule has 1 aliphatic rings. The van der Waals surface area contributed by atoms with Crippen LogP contribution in [0.3, 0.4) is 0 Å². The van der Waals surface area contributed by atoms with E-state index in [2.05, 4.69) is 12.2 Å². The SMILES string of the molecule is CC1(NCC(O)c2ccc(F)cc2)CCOCC1. The van der Waals surface area contributed by atoms with Crippen molar-refractivity contribution in [3.63, 3.8) is 0 Å². The molecule has 1 unspecified atom stereocenters. The maximum atomic E-state index is 12.8. The molecular formula is C14H20FNO2. The van der Waals surface area contributed by atoms with Gasteiger partial charge in [-0.15, -0.1) is 0 Å². The van der Waals surface area contributed by atoms with Crippen LogP contribution in [0.15, 0.2) is 24.3 Å². The van der Waals surface area contributed by atoms with Gasteiger partial charge in [-0.2, -0.15) is 0 Å². The summed E-state index contributed by atoms with van der Waals surface area (Å²) in [5, 5.41) is 13.4. The van der Waals surface area contributed by atoms with Crippen LogP contribution in [0.5, 0.6) is 0 Å². The van der Waals surface area contributed by atoms with Gasteiger partial charge >= 0.3 is 0 Å². The van der Waals surface area contributed by atoms with Crippen LogP contribution in [0.25, 0.3) is 0 Å². The number of β-amino-alcohol motifs (C(OH)–C–C–N with tert-alkyl or cyclic N) is 1. The molecule has 0 aromatic heterocycles. The average molecular weight is 253 g/mol. The lowest BCUT2D eigenvalue weighted by Crippen LogP contribution is -2.48. The van der Waals surface area contributed by atoms with E-state index in [1.54, 1.807) is 12.1 Å². The Morgan fingerprint density at radius 2 is 1.94 bits per heavy atom. The van der Waals surface area contributed by atoms with E-state index in [9.17, 15) is 9.50 Å². The number of rotatable bonds is 4. The number of aliphatic hydroxyl groups excluding tert-OH is 1. The Bertz CT molecular complexity index is 374. The van der Waals surface area contributed by atoms with E-state index in [0.29, 0.717) is 6.54 Å². The summed E-state index contributed by atoms with van der Waals surface area (Å²) < 4.78 is 18.1. The summed E-state index contributed by atoms with van der Waals surface area (Å²) in [4.78, 5) is 0. The molecule has 0 aliphatic carbocycles. The Labute approximate surface area is 107 Å². The molecule has 1 aromatic rings. The van der Waals surface area contributed by atoms with Gasteiger partial charge in [0.15, 0.2) is 0 Å². The van der Waals surface area contributed by atoms with Gasteiger partial charge in [0.05, 0.1) is 6.10 Å². The number of nitrogens with one attached hydrogen (secondary N) is 1. The Kier molecular flexibility index (Phi) is 4.32. The molecule has 4 heteroatoms. The summed E-state index contributed by atoms with van der Waals surface area (Å²) in [6.45, 7) is 4.14. The molecular weight excluding hydrogens is 233 g/mol. The third-order valence-corrected chi connectivity index (χ3v) is 3.57. The minimum Gasteiger partial charge on any atom is -0.387 e. The first-order valence-electron chi connectivity index (χ1n) is 6.35. The second-order valence-corrected chi connectivity index (χ2v) is 5.12. The van der Waals surface area contributed by atoms with Gasteiger partial charge < -0.3 is 15.2 Å². The fourth-order valence-electron chi connectivity index (χ4n) is 2.14. The van der Waals surface area contributed by atoms with Crippen molar-refractivity contribution in [3.05, 3.63) is 35.6 Å². The Morgan fingerprint density at radius 1 is 1.33 bits per heavy atom. The molecule has 1 fully saturated rings. The summed E-state index contributed by atoms with van der Waals surface area (Å²) in [5.41, 5.74) is 0.763. The Balaban J connectivity index is 1.87. The van der Waals surface area contributed by atoms with Crippen LogP contribution in [0.4, 0.5) is 4.39 Å². The number of ether oxygens (including phenoxy) is 1. The van der Waals surface area contributed by atoms with E-state index in [-0.39, 0.29) is 11.4 Å². The Hall–Kier alpha value is -0.970.